The first-order chi connectivity index (χ1) is 30.4. The molecule has 63 heavy (non-hydrogen) atoms. The van der Waals surface area contributed by atoms with Gasteiger partial charge < -0.3 is 25.2 Å². The lowest BCUT2D eigenvalue weighted by atomic mass is 10.0. The summed E-state index contributed by atoms with van der Waals surface area (Å²) in [5, 5.41) is 3.30. The molecule has 7 heterocycles. The van der Waals surface area contributed by atoms with Gasteiger partial charge in [-0.3, -0.25) is 0 Å². The number of hydrogen-bond donors (Lipinski definition) is 4. The van der Waals surface area contributed by atoms with Crippen molar-refractivity contribution in [1.82, 2.24) is 30.2 Å². The lowest BCUT2D eigenvalue weighted by molar-refractivity contribution is 0.381. The van der Waals surface area contributed by atoms with Crippen molar-refractivity contribution in [3.8, 4) is 44.5 Å². The minimum absolute atomic E-state index is 0.0178. The highest BCUT2D eigenvalue weighted by atomic mass is 19.2. The van der Waals surface area contributed by atoms with E-state index in [2.05, 4.69) is 35.1 Å². The molecule has 0 aliphatic carbocycles. The molecule has 1 fully saturated rings. The number of H-pyrrole nitrogens is 3. The molecule has 0 spiro atoms. The number of piperazine rings is 1. The highest BCUT2D eigenvalue weighted by Gasteiger charge is 2.31. The van der Waals surface area contributed by atoms with Crippen LogP contribution < -0.4 is 10.2 Å². The molecule has 316 valence electrons. The predicted octanol–water partition coefficient (Wildman–Crippen LogP) is 11.6. The van der Waals surface area contributed by atoms with Crippen molar-refractivity contribution in [3.63, 3.8) is 0 Å². The van der Waals surface area contributed by atoms with Crippen molar-refractivity contribution in [2.24, 2.45) is 0 Å². The number of fused-ring (bicyclic) bond motifs is 9. The van der Waals surface area contributed by atoms with Crippen molar-refractivity contribution in [3.05, 3.63) is 149 Å². The van der Waals surface area contributed by atoms with Gasteiger partial charge in [0.2, 0.25) is 11.6 Å². The van der Waals surface area contributed by atoms with Crippen LogP contribution in [0.4, 0.5) is 49.7 Å². The molecule has 2 aliphatic rings. The molecule has 5 aromatic heterocycles. The summed E-state index contributed by atoms with van der Waals surface area (Å²) in [6.07, 6.45) is 4.33. The third-order valence-corrected chi connectivity index (χ3v) is 11.2. The fraction of sp³-hybridized carbons (Fsp3) is 0.0870. The van der Waals surface area contributed by atoms with Crippen LogP contribution in [0.5, 0.6) is 0 Å². The Morgan fingerprint density at radius 1 is 0.381 bits per heavy atom. The number of pyridine rings is 1. The van der Waals surface area contributed by atoms with E-state index in [-0.39, 0.29) is 44.5 Å². The van der Waals surface area contributed by atoms with Crippen molar-refractivity contribution >= 4 is 51.1 Å². The fourth-order valence-electron chi connectivity index (χ4n) is 8.10. The van der Waals surface area contributed by atoms with Crippen molar-refractivity contribution < 1.29 is 43.9 Å². The fourth-order valence-corrected chi connectivity index (χ4v) is 8.10. The number of nitrogens with zero attached hydrogens (tertiary/aromatic N) is 3. The zero-order valence-electron chi connectivity index (χ0n) is 32.1. The maximum absolute atomic E-state index is 15.7. The van der Waals surface area contributed by atoms with Crippen molar-refractivity contribution in [2.75, 3.05) is 31.1 Å². The standard InChI is InChI=1S/C46H27F10N7/c47-37-35(38(48)42(52)45(55)41(37)51)33-27-8-6-23(59-27)24-7-9-28(60-24)34(36-39(49)43(53)46(56)44(54)40(36)50)30-13-11-26(62-30)32(25-10-12-29(33)61-25)21-3-1-20(2-4-21)22-5-14-31(58-19-22)63-17-15-57-16-18-63/h1-14,19,57,59,61-62H,15-18H2. The Labute approximate surface area is 348 Å². The van der Waals surface area contributed by atoms with Gasteiger partial charge in [-0.25, -0.2) is 53.9 Å². The van der Waals surface area contributed by atoms with Gasteiger partial charge >= 0.3 is 0 Å². The largest absolute Gasteiger partial charge is 0.354 e. The van der Waals surface area contributed by atoms with Gasteiger partial charge in [-0.05, 0) is 71.8 Å². The molecule has 8 aromatic rings. The van der Waals surface area contributed by atoms with Crippen molar-refractivity contribution in [2.45, 2.75) is 0 Å². The van der Waals surface area contributed by atoms with Gasteiger partial charge in [-0.2, -0.15) is 0 Å². The number of aromatic nitrogens is 5. The summed E-state index contributed by atoms with van der Waals surface area (Å²) in [4.78, 5) is 20.2. The smallest absolute Gasteiger partial charge is 0.200 e. The van der Waals surface area contributed by atoms with Crippen LogP contribution in [0.15, 0.2) is 79.0 Å². The van der Waals surface area contributed by atoms with E-state index in [9.17, 15) is 26.3 Å². The number of anilines is 1. The Balaban J connectivity index is 1.27. The molecule has 0 saturated carbocycles. The minimum Gasteiger partial charge on any atom is -0.354 e. The first-order valence-electron chi connectivity index (χ1n) is 19.3. The third-order valence-electron chi connectivity index (χ3n) is 11.2. The summed E-state index contributed by atoms with van der Waals surface area (Å²) in [6, 6.07) is 19.2. The zero-order valence-corrected chi connectivity index (χ0v) is 32.1. The molecule has 1 saturated heterocycles. The van der Waals surface area contributed by atoms with Crippen LogP contribution in [0.1, 0.15) is 11.4 Å². The normalized spacial score (nSPS) is 13.5. The number of rotatable bonds is 5. The number of aromatic amines is 3. The van der Waals surface area contributed by atoms with E-state index in [4.69, 9.17) is 0 Å². The van der Waals surface area contributed by atoms with Gasteiger partial charge in [0, 0.05) is 82.2 Å². The van der Waals surface area contributed by atoms with Crippen LogP contribution in [0.2, 0.25) is 0 Å². The first-order valence-corrected chi connectivity index (χ1v) is 19.3. The average molecular weight is 868 g/mol. The monoisotopic (exact) mass is 867 g/mol. The zero-order chi connectivity index (χ0) is 43.8. The second-order valence-electron chi connectivity index (χ2n) is 14.8. The van der Waals surface area contributed by atoms with E-state index >= 15 is 17.6 Å². The highest BCUT2D eigenvalue weighted by Crippen LogP contribution is 2.41. The predicted molar refractivity (Wildman–Crippen MR) is 219 cm³/mol. The Hall–Kier alpha value is -7.40. The van der Waals surface area contributed by atoms with Crippen LogP contribution in [-0.4, -0.2) is 51.1 Å². The van der Waals surface area contributed by atoms with E-state index in [0.29, 0.717) is 11.1 Å². The van der Waals surface area contributed by atoms with Gasteiger partial charge in [-0.1, -0.05) is 24.3 Å². The van der Waals surface area contributed by atoms with Crippen LogP contribution in [0.25, 0.3) is 89.8 Å². The summed E-state index contributed by atoms with van der Waals surface area (Å²) in [6.45, 7) is 3.27. The van der Waals surface area contributed by atoms with E-state index < -0.39 is 80.4 Å². The molecule has 7 nitrogen and oxygen atoms in total. The quantitative estimate of drug-likeness (QED) is 0.0788. The SMILES string of the molecule is Fc1c(F)c(F)c(-c2c3nc(c4ccc([nH]4)c(-c4c(F)c(F)c(F)c(F)c4F)c4ccc([nH]4)c(-c4ccc(-c5ccc(N6CCNCC6)nc5)cc4)c4ccc2[nH]4)C=C3)c(F)c1F. The van der Waals surface area contributed by atoms with Crippen molar-refractivity contribution in [1.29, 1.82) is 0 Å². The topological polar surface area (TPSA) is 88.4 Å². The molecule has 0 radical (unpaired) electrons. The summed E-state index contributed by atoms with van der Waals surface area (Å²) < 4.78 is 151. The van der Waals surface area contributed by atoms with Gasteiger partial charge in [0.1, 0.15) is 5.82 Å². The van der Waals surface area contributed by atoms with Crippen LogP contribution in [0.3, 0.4) is 0 Å². The Bertz CT molecular complexity index is 3270. The van der Waals surface area contributed by atoms with E-state index in [1.807, 2.05) is 12.1 Å². The lowest BCUT2D eigenvalue weighted by Gasteiger charge is -2.28. The molecule has 17 heteroatoms. The van der Waals surface area contributed by atoms with Crippen LogP contribution in [-0.2, 0) is 0 Å². The van der Waals surface area contributed by atoms with E-state index in [1.54, 1.807) is 30.5 Å². The second-order valence-corrected chi connectivity index (χ2v) is 14.8. The Kier molecular flexibility index (Phi) is 9.58. The van der Waals surface area contributed by atoms with E-state index in [1.165, 1.54) is 48.6 Å². The van der Waals surface area contributed by atoms with Crippen LogP contribution in [0, 0.1) is 58.2 Å². The maximum Gasteiger partial charge on any atom is 0.200 e. The number of nitrogens with one attached hydrogen (secondary N) is 4. The minimum atomic E-state index is -2.36. The number of hydrogen-bond acceptors (Lipinski definition) is 4. The number of benzene rings is 3. The molecule has 10 rings (SSSR count). The van der Waals surface area contributed by atoms with Crippen LogP contribution >= 0.6 is 0 Å². The molecule has 0 atom stereocenters. The van der Waals surface area contributed by atoms with Gasteiger partial charge in [0.05, 0.1) is 28.0 Å². The molecule has 2 aliphatic heterocycles. The van der Waals surface area contributed by atoms with Gasteiger partial charge in [0.15, 0.2) is 46.5 Å². The first kappa shape index (κ1) is 39.7. The van der Waals surface area contributed by atoms with Gasteiger partial charge in [-0.15, -0.1) is 0 Å². The lowest BCUT2D eigenvalue weighted by Crippen LogP contribution is -2.43. The number of halogens is 10. The van der Waals surface area contributed by atoms with Gasteiger partial charge in [0.25, 0.3) is 0 Å². The summed E-state index contributed by atoms with van der Waals surface area (Å²) in [5.74, 6) is -21.1. The molecule has 4 N–H and O–H groups in total. The Morgan fingerprint density at radius 2 is 0.794 bits per heavy atom. The molecule has 0 unspecified atom stereocenters. The third kappa shape index (κ3) is 6.49. The summed E-state index contributed by atoms with van der Waals surface area (Å²) in [5.41, 5.74) is -1.26. The Morgan fingerprint density at radius 3 is 1.32 bits per heavy atom. The summed E-state index contributed by atoms with van der Waals surface area (Å²) >= 11 is 0. The maximum atomic E-state index is 15.7. The molecular weight excluding hydrogens is 841 g/mol. The van der Waals surface area contributed by atoms with E-state index in [0.717, 1.165) is 43.1 Å². The highest BCUT2D eigenvalue weighted by molar-refractivity contribution is 6.01. The summed E-state index contributed by atoms with van der Waals surface area (Å²) in [7, 11) is 0. The average Bonchev–Trinajstić information content (AvgIpc) is 4.16. The molecule has 0 amide bonds. The molecule has 8 bridgehead atoms. The molecule has 3 aromatic carbocycles. The molecular formula is C46H27F10N7. The second kappa shape index (κ2) is 15.2.